The first-order valence-electron chi connectivity index (χ1n) is 13.6. The van der Waals surface area contributed by atoms with Crippen LogP contribution in [0.1, 0.15) is 19.4 Å². The van der Waals surface area contributed by atoms with Crippen LogP contribution in [0, 0.1) is 11.7 Å². The minimum atomic E-state index is -3.19. The number of pyridine rings is 3. The molecule has 12 heteroatoms. The number of anilines is 1. The maximum Gasteiger partial charge on any atom is 0.226 e. The highest BCUT2D eigenvalue weighted by atomic mass is 32.2. The van der Waals surface area contributed by atoms with Gasteiger partial charge in [0.25, 0.3) is 0 Å². The molecule has 218 valence electrons. The van der Waals surface area contributed by atoms with E-state index in [9.17, 15) is 17.6 Å². The number of nitrogens with one attached hydrogen (secondary N) is 3. The van der Waals surface area contributed by atoms with E-state index in [0.717, 1.165) is 22.0 Å². The quantitative estimate of drug-likeness (QED) is 0.208. The summed E-state index contributed by atoms with van der Waals surface area (Å²) in [5.74, 6) is -0.779. The van der Waals surface area contributed by atoms with Crippen molar-refractivity contribution in [1.29, 1.82) is 0 Å². The van der Waals surface area contributed by atoms with Gasteiger partial charge in [-0.25, -0.2) is 22.8 Å². The molecule has 6 aromatic rings. The van der Waals surface area contributed by atoms with E-state index in [1.807, 2.05) is 38.1 Å². The van der Waals surface area contributed by atoms with Crippen molar-refractivity contribution in [3.8, 4) is 33.8 Å². The summed E-state index contributed by atoms with van der Waals surface area (Å²) in [6.45, 7) is 3.64. The first-order chi connectivity index (χ1) is 20.5. The molecule has 0 aliphatic carbocycles. The number of aromatic nitrogens is 6. The van der Waals surface area contributed by atoms with Crippen molar-refractivity contribution in [2.75, 3.05) is 17.3 Å². The van der Waals surface area contributed by atoms with Gasteiger partial charge in [-0.15, -0.1) is 0 Å². The standard InChI is InChI=1S/C31H28FN7O3S/c1-17(2)31(40)35-22-13-20(15-33-16-22)25-4-5-26-28(36-25)29(39-38-26)27-14-24-23(6-8-34-30(24)37-27)19-10-18(11-21(32)12-19)7-9-43(3,41)42/h4-6,8,10-17H,7,9H2,1-3H3,(H,34,37)(H,35,40)(H,38,39). The minimum Gasteiger partial charge on any atom is -0.338 e. The van der Waals surface area contributed by atoms with Crippen molar-refractivity contribution < 1.29 is 17.6 Å². The van der Waals surface area contributed by atoms with E-state index >= 15 is 0 Å². The van der Waals surface area contributed by atoms with Gasteiger partial charge in [-0.05, 0) is 65.6 Å². The second-order valence-electron chi connectivity index (χ2n) is 10.8. The van der Waals surface area contributed by atoms with Crippen molar-refractivity contribution in [3.05, 3.63) is 78.5 Å². The second kappa shape index (κ2) is 11.0. The van der Waals surface area contributed by atoms with Gasteiger partial charge in [0.15, 0.2) is 0 Å². The molecule has 0 saturated carbocycles. The highest BCUT2D eigenvalue weighted by molar-refractivity contribution is 7.90. The maximum atomic E-state index is 14.6. The fourth-order valence-corrected chi connectivity index (χ4v) is 5.45. The Morgan fingerprint density at radius 2 is 1.88 bits per heavy atom. The Kier molecular flexibility index (Phi) is 7.22. The Hall–Kier alpha value is -4.97. The largest absolute Gasteiger partial charge is 0.338 e. The van der Waals surface area contributed by atoms with Crippen LogP contribution in [0.25, 0.3) is 55.8 Å². The monoisotopic (exact) mass is 597 g/mol. The van der Waals surface area contributed by atoms with Gasteiger partial charge in [-0.3, -0.25) is 14.9 Å². The summed E-state index contributed by atoms with van der Waals surface area (Å²) >= 11 is 0. The van der Waals surface area contributed by atoms with Crippen molar-refractivity contribution >= 4 is 43.5 Å². The zero-order chi connectivity index (χ0) is 30.3. The first kappa shape index (κ1) is 28.2. The van der Waals surface area contributed by atoms with Gasteiger partial charge >= 0.3 is 0 Å². The molecule has 0 saturated heterocycles. The number of aryl methyl sites for hydroxylation is 1. The Morgan fingerprint density at radius 1 is 1.05 bits per heavy atom. The lowest BCUT2D eigenvalue weighted by atomic mass is 10.00. The minimum absolute atomic E-state index is 0.0654. The van der Waals surface area contributed by atoms with Gasteiger partial charge in [-0.2, -0.15) is 5.10 Å². The summed E-state index contributed by atoms with van der Waals surface area (Å²) in [5, 5.41) is 11.2. The Balaban J connectivity index is 1.38. The number of carbonyl (C=O) groups is 1. The lowest BCUT2D eigenvalue weighted by molar-refractivity contribution is -0.118. The second-order valence-corrected chi connectivity index (χ2v) is 13.1. The van der Waals surface area contributed by atoms with Gasteiger partial charge in [0.1, 0.15) is 32.5 Å². The molecule has 43 heavy (non-hydrogen) atoms. The number of halogens is 1. The van der Waals surface area contributed by atoms with E-state index in [1.165, 1.54) is 18.4 Å². The average Bonchev–Trinajstić information content (AvgIpc) is 3.59. The molecule has 6 rings (SSSR count). The molecule has 0 radical (unpaired) electrons. The van der Waals surface area contributed by atoms with Crippen LogP contribution in [-0.4, -0.2) is 56.5 Å². The molecule has 1 amide bonds. The molecule has 0 bridgehead atoms. The van der Waals surface area contributed by atoms with Crippen molar-refractivity contribution in [2.24, 2.45) is 5.92 Å². The number of sulfone groups is 1. The van der Waals surface area contributed by atoms with Crippen LogP contribution in [0.4, 0.5) is 10.1 Å². The third kappa shape index (κ3) is 6.00. The topological polar surface area (TPSA) is 146 Å². The lowest BCUT2D eigenvalue weighted by Crippen LogP contribution is -2.17. The van der Waals surface area contributed by atoms with Gasteiger partial charge in [-0.1, -0.05) is 19.9 Å². The molecule has 0 atom stereocenters. The Labute approximate surface area is 246 Å². The zero-order valence-corrected chi connectivity index (χ0v) is 24.5. The number of aromatic amines is 2. The normalized spacial score (nSPS) is 11.9. The number of hydrogen-bond donors (Lipinski definition) is 3. The number of carbonyl (C=O) groups excluding carboxylic acids is 1. The fourth-order valence-electron chi connectivity index (χ4n) is 4.84. The zero-order valence-electron chi connectivity index (χ0n) is 23.6. The molecule has 0 aliphatic rings. The highest BCUT2D eigenvalue weighted by Crippen LogP contribution is 2.34. The molecule has 1 aromatic carbocycles. The predicted octanol–water partition coefficient (Wildman–Crippen LogP) is 5.55. The third-order valence-corrected chi connectivity index (χ3v) is 8.00. The van der Waals surface area contributed by atoms with Crippen molar-refractivity contribution in [3.63, 3.8) is 0 Å². The van der Waals surface area contributed by atoms with Crippen LogP contribution in [0.3, 0.4) is 0 Å². The summed E-state index contributed by atoms with van der Waals surface area (Å²) in [7, 11) is -3.19. The number of hydrogen-bond acceptors (Lipinski definition) is 7. The van der Waals surface area contributed by atoms with Gasteiger partial charge < -0.3 is 10.3 Å². The Bertz CT molecular complexity index is 2120. The number of fused-ring (bicyclic) bond motifs is 2. The number of benzene rings is 1. The van der Waals surface area contributed by atoms with E-state index in [4.69, 9.17) is 4.98 Å². The summed E-state index contributed by atoms with van der Waals surface area (Å²) < 4.78 is 37.9. The predicted molar refractivity (Wildman–Crippen MR) is 164 cm³/mol. The summed E-state index contributed by atoms with van der Waals surface area (Å²) in [4.78, 5) is 29.1. The molecule has 10 nitrogen and oxygen atoms in total. The van der Waals surface area contributed by atoms with Gasteiger partial charge in [0.2, 0.25) is 5.91 Å². The van der Waals surface area contributed by atoms with Crippen LogP contribution in [0.5, 0.6) is 0 Å². The SMILES string of the molecule is CC(C)C(=O)Nc1cncc(-c2ccc3[nH]nc(-c4cc5c(-c6cc(F)cc(CCS(C)(=O)=O)c6)ccnc5[nH]4)c3n2)c1. The number of amides is 1. The number of H-pyrrole nitrogens is 2. The van der Waals surface area contributed by atoms with E-state index < -0.39 is 15.7 Å². The van der Waals surface area contributed by atoms with Crippen LogP contribution in [-0.2, 0) is 21.1 Å². The fraction of sp³-hybridized carbons (Fsp3) is 0.194. The van der Waals surface area contributed by atoms with Crippen LogP contribution >= 0.6 is 0 Å². The summed E-state index contributed by atoms with van der Waals surface area (Å²) in [5.41, 5.74) is 7.09. The van der Waals surface area contributed by atoms with Gasteiger partial charge in [0.05, 0.1) is 34.5 Å². The van der Waals surface area contributed by atoms with Crippen molar-refractivity contribution in [2.45, 2.75) is 20.3 Å². The number of nitrogens with zero attached hydrogens (tertiary/aromatic N) is 4. The smallest absolute Gasteiger partial charge is 0.226 e. The number of rotatable bonds is 8. The first-order valence-corrected chi connectivity index (χ1v) is 15.7. The molecule has 5 aromatic heterocycles. The van der Waals surface area contributed by atoms with E-state index in [2.05, 4.69) is 30.5 Å². The Morgan fingerprint density at radius 3 is 2.67 bits per heavy atom. The van der Waals surface area contributed by atoms with E-state index in [-0.39, 0.29) is 24.0 Å². The highest BCUT2D eigenvalue weighted by Gasteiger charge is 2.17. The molecule has 0 spiro atoms. The molecule has 0 fully saturated rings. The van der Waals surface area contributed by atoms with E-state index in [0.29, 0.717) is 45.1 Å². The molecule has 0 unspecified atom stereocenters. The summed E-state index contributed by atoms with van der Waals surface area (Å²) in [6, 6.07) is 13.8. The van der Waals surface area contributed by atoms with Crippen molar-refractivity contribution in [1.82, 2.24) is 30.1 Å². The maximum absolute atomic E-state index is 14.6. The molecule has 5 heterocycles. The third-order valence-electron chi connectivity index (χ3n) is 7.05. The van der Waals surface area contributed by atoms with Crippen LogP contribution in [0.15, 0.2) is 67.1 Å². The molecular formula is C31H28FN7O3S. The molecule has 3 N–H and O–H groups in total. The van der Waals surface area contributed by atoms with Crippen LogP contribution in [0.2, 0.25) is 0 Å². The molecular weight excluding hydrogens is 569 g/mol. The van der Waals surface area contributed by atoms with E-state index in [1.54, 1.807) is 30.7 Å². The average molecular weight is 598 g/mol. The lowest BCUT2D eigenvalue weighted by Gasteiger charge is -2.08. The molecule has 0 aliphatic heterocycles. The van der Waals surface area contributed by atoms with Crippen LogP contribution < -0.4 is 5.32 Å². The summed E-state index contributed by atoms with van der Waals surface area (Å²) in [6.07, 6.45) is 6.29. The van der Waals surface area contributed by atoms with Gasteiger partial charge in [0, 0.05) is 35.5 Å².